The molecule has 0 fully saturated rings. The third kappa shape index (κ3) is 1.88. The van der Waals surface area contributed by atoms with Crippen LogP contribution >= 0.6 is 23.2 Å². The molecule has 0 amide bonds. The van der Waals surface area contributed by atoms with Crippen molar-refractivity contribution < 1.29 is 4.39 Å². The summed E-state index contributed by atoms with van der Waals surface area (Å²) in [4.78, 5) is 8.14. The molecule has 2 nitrogen and oxygen atoms in total. The highest BCUT2D eigenvalue weighted by Gasteiger charge is 2.30. The second kappa shape index (κ2) is 4.48. The van der Waals surface area contributed by atoms with Crippen LogP contribution in [0.3, 0.4) is 0 Å². The predicted molar refractivity (Wildman–Crippen MR) is 68.6 cm³/mol. The topological polar surface area (TPSA) is 25.8 Å². The van der Waals surface area contributed by atoms with E-state index < -0.39 is 0 Å². The van der Waals surface area contributed by atoms with Gasteiger partial charge in [0.25, 0.3) is 0 Å². The smallest absolute Gasteiger partial charge is 0.222 e. The van der Waals surface area contributed by atoms with Crippen LogP contribution in [0.2, 0.25) is 10.4 Å². The maximum absolute atomic E-state index is 13.8. The second-order valence-electron chi connectivity index (χ2n) is 4.26. The van der Waals surface area contributed by atoms with E-state index in [9.17, 15) is 4.39 Å². The van der Waals surface area contributed by atoms with Gasteiger partial charge in [-0.2, -0.15) is 0 Å². The van der Waals surface area contributed by atoms with Crippen molar-refractivity contribution in [3.05, 3.63) is 57.3 Å². The second-order valence-corrected chi connectivity index (χ2v) is 4.96. The number of hydrogen-bond acceptors (Lipinski definition) is 2. The van der Waals surface area contributed by atoms with E-state index in [1.54, 1.807) is 12.1 Å². The largest absolute Gasteiger partial charge is 0.224 e. The van der Waals surface area contributed by atoms with Crippen molar-refractivity contribution in [1.29, 1.82) is 0 Å². The van der Waals surface area contributed by atoms with Crippen LogP contribution in [0.15, 0.2) is 24.3 Å². The van der Waals surface area contributed by atoms with Gasteiger partial charge in [0.05, 0.1) is 5.69 Å². The molecule has 0 saturated carbocycles. The predicted octanol–water partition coefficient (Wildman–Crippen LogP) is 4.00. The monoisotopic (exact) mass is 282 g/mol. The Balaban J connectivity index is 2.13. The van der Waals surface area contributed by atoms with Crippen LogP contribution in [0.25, 0.3) is 0 Å². The zero-order valence-corrected chi connectivity index (χ0v) is 10.8. The number of rotatable bonds is 1. The van der Waals surface area contributed by atoms with Crippen LogP contribution in [0.5, 0.6) is 0 Å². The van der Waals surface area contributed by atoms with Gasteiger partial charge in [0, 0.05) is 11.5 Å². The van der Waals surface area contributed by atoms with Gasteiger partial charge in [-0.1, -0.05) is 29.8 Å². The lowest BCUT2D eigenvalue weighted by molar-refractivity contribution is 0.592. The molecule has 0 spiro atoms. The first-order valence-corrected chi connectivity index (χ1v) is 6.38. The fourth-order valence-corrected chi connectivity index (χ4v) is 2.94. The molecule has 1 aliphatic rings. The molecule has 1 aromatic carbocycles. The molecule has 1 aromatic heterocycles. The Morgan fingerprint density at radius 2 is 1.94 bits per heavy atom. The van der Waals surface area contributed by atoms with E-state index in [1.165, 1.54) is 6.07 Å². The summed E-state index contributed by atoms with van der Waals surface area (Å²) in [6.07, 6.45) is 1.54. The van der Waals surface area contributed by atoms with Crippen LogP contribution < -0.4 is 0 Å². The zero-order chi connectivity index (χ0) is 12.7. The van der Waals surface area contributed by atoms with Crippen molar-refractivity contribution in [3.8, 4) is 0 Å². The third-order valence-corrected chi connectivity index (χ3v) is 3.74. The van der Waals surface area contributed by atoms with Crippen molar-refractivity contribution in [2.45, 2.75) is 18.8 Å². The summed E-state index contributed by atoms with van der Waals surface area (Å²) >= 11 is 11.9. The molecule has 18 heavy (non-hydrogen) atoms. The Labute approximate surface area is 114 Å². The number of benzene rings is 1. The molecule has 0 aliphatic heterocycles. The summed E-state index contributed by atoms with van der Waals surface area (Å²) < 4.78 is 13.8. The number of fused-ring (bicyclic) bond motifs is 1. The van der Waals surface area contributed by atoms with E-state index in [1.807, 2.05) is 6.07 Å². The third-order valence-electron chi connectivity index (χ3n) is 3.26. The highest BCUT2D eigenvalue weighted by Crippen LogP contribution is 2.40. The summed E-state index contributed by atoms with van der Waals surface area (Å²) in [6, 6.07) is 6.73. The van der Waals surface area contributed by atoms with Gasteiger partial charge in [-0.3, -0.25) is 0 Å². The van der Waals surface area contributed by atoms with Gasteiger partial charge in [0.15, 0.2) is 0 Å². The first kappa shape index (κ1) is 11.9. The highest BCUT2D eigenvalue weighted by molar-refractivity contribution is 6.32. The van der Waals surface area contributed by atoms with Crippen LogP contribution in [-0.4, -0.2) is 9.97 Å². The number of halogens is 3. The molecule has 3 rings (SSSR count). The molecule has 92 valence electrons. The molecular weight excluding hydrogens is 274 g/mol. The fraction of sp³-hybridized carbons (Fsp3) is 0.231. The minimum Gasteiger partial charge on any atom is -0.222 e. The van der Waals surface area contributed by atoms with E-state index in [2.05, 4.69) is 9.97 Å². The lowest BCUT2D eigenvalue weighted by Crippen LogP contribution is -2.03. The molecule has 1 atom stereocenters. The van der Waals surface area contributed by atoms with Crippen LogP contribution in [0.4, 0.5) is 4.39 Å². The molecular formula is C13H9Cl2FN2. The van der Waals surface area contributed by atoms with Crippen molar-refractivity contribution >= 4 is 23.2 Å². The van der Waals surface area contributed by atoms with Gasteiger partial charge in [0.2, 0.25) is 5.28 Å². The van der Waals surface area contributed by atoms with Gasteiger partial charge in [0.1, 0.15) is 11.0 Å². The maximum Gasteiger partial charge on any atom is 0.224 e. The molecule has 0 N–H and O–H groups in total. The van der Waals surface area contributed by atoms with E-state index in [-0.39, 0.29) is 17.0 Å². The Kier molecular flexibility index (Phi) is 2.96. The van der Waals surface area contributed by atoms with Crippen LogP contribution in [0.1, 0.15) is 29.2 Å². The minimum absolute atomic E-state index is 0.0841. The molecule has 5 heteroatoms. The van der Waals surface area contributed by atoms with Gasteiger partial charge in [-0.25, -0.2) is 14.4 Å². The van der Waals surface area contributed by atoms with Gasteiger partial charge in [-0.05, 0) is 36.1 Å². The molecule has 1 aliphatic carbocycles. The zero-order valence-electron chi connectivity index (χ0n) is 9.33. The minimum atomic E-state index is -0.221. The summed E-state index contributed by atoms with van der Waals surface area (Å²) in [7, 11) is 0. The van der Waals surface area contributed by atoms with E-state index in [0.717, 1.165) is 24.1 Å². The van der Waals surface area contributed by atoms with Gasteiger partial charge < -0.3 is 0 Å². The maximum atomic E-state index is 13.8. The van der Waals surface area contributed by atoms with Crippen LogP contribution in [0, 0.1) is 5.82 Å². The average molecular weight is 283 g/mol. The quantitative estimate of drug-likeness (QED) is 0.584. The fourth-order valence-electron chi connectivity index (χ4n) is 2.45. The van der Waals surface area contributed by atoms with Crippen molar-refractivity contribution in [1.82, 2.24) is 9.97 Å². The highest BCUT2D eigenvalue weighted by atomic mass is 35.5. The SMILES string of the molecule is Fc1ccccc1C1CCc2c(Cl)nc(Cl)nc21. The lowest BCUT2D eigenvalue weighted by atomic mass is 9.96. The first-order valence-electron chi connectivity index (χ1n) is 5.63. The van der Waals surface area contributed by atoms with E-state index in [4.69, 9.17) is 23.2 Å². The number of aromatic nitrogens is 2. The van der Waals surface area contributed by atoms with Gasteiger partial charge in [-0.15, -0.1) is 0 Å². The van der Waals surface area contributed by atoms with Crippen molar-refractivity contribution in [3.63, 3.8) is 0 Å². The summed E-state index contributed by atoms with van der Waals surface area (Å²) in [5.41, 5.74) is 2.28. The molecule has 0 saturated heterocycles. The Bertz CT molecular complexity index is 616. The molecule has 1 unspecified atom stereocenters. The summed E-state index contributed by atoms with van der Waals surface area (Å²) in [5, 5.41) is 0.492. The standard InChI is InChI=1S/C13H9Cl2FN2/c14-12-9-6-5-8(11(9)17-13(15)18-12)7-3-1-2-4-10(7)16/h1-4,8H,5-6H2. The van der Waals surface area contributed by atoms with E-state index in [0.29, 0.717) is 10.7 Å². The van der Waals surface area contributed by atoms with Crippen molar-refractivity contribution in [2.24, 2.45) is 0 Å². The van der Waals surface area contributed by atoms with E-state index >= 15 is 0 Å². The first-order chi connectivity index (χ1) is 8.66. The van der Waals surface area contributed by atoms with Crippen LogP contribution in [-0.2, 0) is 6.42 Å². The summed E-state index contributed by atoms with van der Waals surface area (Å²) in [5.74, 6) is -0.305. The average Bonchev–Trinajstić information content (AvgIpc) is 2.73. The molecule has 0 bridgehead atoms. The Morgan fingerprint density at radius 1 is 1.17 bits per heavy atom. The normalized spacial score (nSPS) is 17.8. The Morgan fingerprint density at radius 3 is 2.72 bits per heavy atom. The molecule has 1 heterocycles. The number of nitrogens with zero attached hydrogens (tertiary/aromatic N) is 2. The number of hydrogen-bond donors (Lipinski definition) is 0. The molecule has 0 radical (unpaired) electrons. The van der Waals surface area contributed by atoms with Gasteiger partial charge >= 0.3 is 0 Å². The molecule has 2 aromatic rings. The summed E-state index contributed by atoms with van der Waals surface area (Å²) in [6.45, 7) is 0. The lowest BCUT2D eigenvalue weighted by Gasteiger charge is -2.12. The van der Waals surface area contributed by atoms with Crippen molar-refractivity contribution in [2.75, 3.05) is 0 Å². The Hall–Kier alpha value is -1.19.